The number of alkyl halides is 3. The third-order valence-corrected chi connectivity index (χ3v) is 5.11. The number of rotatable bonds is 4. The lowest BCUT2D eigenvalue weighted by Crippen LogP contribution is -2.62. The summed E-state index contributed by atoms with van der Waals surface area (Å²) >= 11 is 0. The smallest absolute Gasteiger partial charge is 0.315 e. The van der Waals surface area contributed by atoms with Crippen molar-refractivity contribution in [2.45, 2.75) is 43.8 Å². The molecule has 2 aliphatic rings. The van der Waals surface area contributed by atoms with Gasteiger partial charge in [-0.3, -0.25) is 4.90 Å². The molecule has 0 radical (unpaired) electrons. The van der Waals surface area contributed by atoms with Crippen LogP contribution < -0.4 is 5.32 Å². The van der Waals surface area contributed by atoms with Crippen LogP contribution in [0, 0.1) is 0 Å². The zero-order chi connectivity index (χ0) is 15.6. The maximum absolute atomic E-state index is 12.8. The highest BCUT2D eigenvalue weighted by molar-refractivity contribution is 5.26. The Morgan fingerprint density at radius 1 is 1.18 bits per heavy atom. The van der Waals surface area contributed by atoms with E-state index in [0.29, 0.717) is 6.42 Å². The van der Waals surface area contributed by atoms with Crippen LogP contribution in [0.2, 0.25) is 0 Å². The second-order valence-electron chi connectivity index (χ2n) is 6.54. The Bertz CT molecular complexity index is 503. The van der Waals surface area contributed by atoms with E-state index in [1.807, 2.05) is 6.07 Å². The fourth-order valence-corrected chi connectivity index (χ4v) is 3.66. The largest absolute Gasteiger partial charge is 0.416 e. The molecule has 1 aromatic rings. The molecule has 1 atom stereocenters. The first-order valence-electron chi connectivity index (χ1n) is 8.12. The van der Waals surface area contributed by atoms with Crippen LogP contribution in [0.5, 0.6) is 0 Å². The Hall–Kier alpha value is -1.07. The van der Waals surface area contributed by atoms with Crippen molar-refractivity contribution in [1.82, 2.24) is 10.2 Å². The van der Waals surface area contributed by atoms with Gasteiger partial charge in [-0.25, -0.2) is 0 Å². The minimum atomic E-state index is -4.25. The van der Waals surface area contributed by atoms with Crippen LogP contribution in [0.25, 0.3) is 0 Å². The molecule has 22 heavy (non-hydrogen) atoms. The van der Waals surface area contributed by atoms with E-state index in [2.05, 4.69) is 10.2 Å². The fourth-order valence-electron chi connectivity index (χ4n) is 3.66. The maximum Gasteiger partial charge on any atom is 0.416 e. The molecule has 0 aromatic heterocycles. The Kier molecular flexibility index (Phi) is 4.46. The molecule has 0 amide bonds. The predicted octanol–water partition coefficient (Wildman–Crippen LogP) is 3.47. The second kappa shape index (κ2) is 6.20. The van der Waals surface area contributed by atoms with Gasteiger partial charge < -0.3 is 5.32 Å². The van der Waals surface area contributed by atoms with Gasteiger partial charge in [0.15, 0.2) is 0 Å². The summed E-state index contributed by atoms with van der Waals surface area (Å²) in [6, 6.07) is 5.79. The average molecular weight is 312 g/mol. The minimum absolute atomic E-state index is 0.144. The van der Waals surface area contributed by atoms with Crippen molar-refractivity contribution in [3.63, 3.8) is 0 Å². The summed E-state index contributed by atoms with van der Waals surface area (Å²) in [5.74, 6) is 0. The van der Waals surface area contributed by atoms with Gasteiger partial charge in [0.2, 0.25) is 0 Å². The number of nitrogens with zero attached hydrogens (tertiary/aromatic N) is 1. The van der Waals surface area contributed by atoms with E-state index in [1.54, 1.807) is 0 Å². The monoisotopic (exact) mass is 312 g/mol. The van der Waals surface area contributed by atoms with Gasteiger partial charge in [-0.05, 0) is 63.4 Å². The van der Waals surface area contributed by atoms with Crippen molar-refractivity contribution >= 4 is 0 Å². The first-order valence-corrected chi connectivity index (χ1v) is 8.12. The minimum Gasteiger partial charge on any atom is -0.315 e. The van der Waals surface area contributed by atoms with Crippen molar-refractivity contribution in [3.8, 4) is 0 Å². The third kappa shape index (κ3) is 3.30. The zero-order valence-corrected chi connectivity index (χ0v) is 12.8. The van der Waals surface area contributed by atoms with Crippen LogP contribution in [0.1, 0.15) is 36.8 Å². The molecule has 3 rings (SSSR count). The normalized spacial score (nSPS) is 26.7. The number of nitrogens with one attached hydrogen (secondary N) is 1. The van der Waals surface area contributed by atoms with Gasteiger partial charge in [-0.15, -0.1) is 0 Å². The van der Waals surface area contributed by atoms with E-state index in [1.165, 1.54) is 18.6 Å². The molecule has 0 aliphatic carbocycles. The number of benzene rings is 1. The molecule has 2 aliphatic heterocycles. The molecule has 0 saturated carbocycles. The Morgan fingerprint density at radius 2 is 2.00 bits per heavy atom. The SMILES string of the molecule is FC(F)(F)c1cccc(CC[C@]2(N3CCC3)CCCNC2)c1. The lowest BCUT2D eigenvalue weighted by Gasteiger charge is -2.51. The summed E-state index contributed by atoms with van der Waals surface area (Å²) in [6.45, 7) is 4.28. The lowest BCUT2D eigenvalue weighted by atomic mass is 9.81. The van der Waals surface area contributed by atoms with Crippen LogP contribution in [0.3, 0.4) is 0 Å². The summed E-state index contributed by atoms with van der Waals surface area (Å²) in [5, 5.41) is 3.48. The van der Waals surface area contributed by atoms with Gasteiger partial charge in [0.1, 0.15) is 0 Å². The van der Waals surface area contributed by atoms with Crippen molar-refractivity contribution in [3.05, 3.63) is 35.4 Å². The second-order valence-corrected chi connectivity index (χ2v) is 6.54. The number of aryl methyl sites for hydroxylation is 1. The standard InChI is InChI=1S/C17H23F3N2/c18-17(19,20)15-5-1-4-14(12-15)6-8-16(22-10-3-11-22)7-2-9-21-13-16/h1,4-5,12,21H,2-3,6-11,13H2/t16-/m1/s1. The van der Waals surface area contributed by atoms with Crippen LogP contribution >= 0.6 is 0 Å². The summed E-state index contributed by atoms with van der Waals surface area (Å²) in [6.07, 6.45) is 0.935. The topological polar surface area (TPSA) is 15.3 Å². The number of hydrogen-bond acceptors (Lipinski definition) is 2. The van der Waals surface area contributed by atoms with Gasteiger partial charge >= 0.3 is 6.18 Å². The molecule has 0 unspecified atom stereocenters. The highest BCUT2D eigenvalue weighted by Crippen LogP contribution is 2.34. The first-order chi connectivity index (χ1) is 10.5. The Balaban J connectivity index is 1.69. The van der Waals surface area contributed by atoms with E-state index < -0.39 is 11.7 Å². The van der Waals surface area contributed by atoms with E-state index >= 15 is 0 Å². The Morgan fingerprint density at radius 3 is 2.59 bits per heavy atom. The van der Waals surface area contributed by atoms with E-state index in [0.717, 1.165) is 57.1 Å². The number of likely N-dealkylation sites (tertiary alicyclic amines) is 1. The molecule has 122 valence electrons. The van der Waals surface area contributed by atoms with E-state index in [4.69, 9.17) is 0 Å². The quantitative estimate of drug-likeness (QED) is 0.916. The van der Waals surface area contributed by atoms with Gasteiger partial charge in [0.05, 0.1) is 5.56 Å². The van der Waals surface area contributed by atoms with Crippen molar-refractivity contribution < 1.29 is 13.2 Å². The van der Waals surface area contributed by atoms with Gasteiger partial charge in [0.25, 0.3) is 0 Å². The van der Waals surface area contributed by atoms with Gasteiger partial charge in [-0.2, -0.15) is 13.2 Å². The number of hydrogen-bond donors (Lipinski definition) is 1. The molecule has 1 aromatic carbocycles. The lowest BCUT2D eigenvalue weighted by molar-refractivity contribution is -0.137. The number of piperidine rings is 1. The van der Waals surface area contributed by atoms with E-state index in [-0.39, 0.29) is 5.54 Å². The molecular formula is C17H23F3N2. The molecule has 0 spiro atoms. The fraction of sp³-hybridized carbons (Fsp3) is 0.647. The third-order valence-electron chi connectivity index (χ3n) is 5.11. The van der Waals surface area contributed by atoms with Gasteiger partial charge in [0, 0.05) is 12.1 Å². The summed E-state index contributed by atoms with van der Waals surface area (Å²) in [7, 11) is 0. The van der Waals surface area contributed by atoms with Crippen LogP contribution in [0.4, 0.5) is 13.2 Å². The summed E-state index contributed by atoms with van der Waals surface area (Å²) < 4.78 is 38.4. The zero-order valence-electron chi connectivity index (χ0n) is 12.8. The average Bonchev–Trinajstić information content (AvgIpc) is 2.44. The van der Waals surface area contributed by atoms with Crippen LogP contribution in [-0.2, 0) is 12.6 Å². The molecule has 2 saturated heterocycles. The highest BCUT2D eigenvalue weighted by atomic mass is 19.4. The molecular weight excluding hydrogens is 289 g/mol. The number of halogens is 3. The highest BCUT2D eigenvalue weighted by Gasteiger charge is 2.40. The molecule has 2 nitrogen and oxygen atoms in total. The van der Waals surface area contributed by atoms with Crippen LogP contribution in [-0.4, -0.2) is 36.6 Å². The van der Waals surface area contributed by atoms with Gasteiger partial charge in [-0.1, -0.05) is 18.2 Å². The molecule has 5 heteroatoms. The predicted molar refractivity (Wildman–Crippen MR) is 80.8 cm³/mol. The molecule has 2 fully saturated rings. The van der Waals surface area contributed by atoms with E-state index in [9.17, 15) is 13.2 Å². The summed E-state index contributed by atoms with van der Waals surface area (Å²) in [5.41, 5.74) is 0.398. The molecule has 1 N–H and O–H groups in total. The van der Waals surface area contributed by atoms with Crippen molar-refractivity contribution in [2.75, 3.05) is 26.2 Å². The maximum atomic E-state index is 12.8. The van der Waals surface area contributed by atoms with Crippen molar-refractivity contribution in [2.24, 2.45) is 0 Å². The summed E-state index contributed by atoms with van der Waals surface area (Å²) in [4.78, 5) is 2.52. The first kappa shape index (κ1) is 15.8. The Labute approximate surface area is 129 Å². The van der Waals surface area contributed by atoms with Crippen molar-refractivity contribution in [1.29, 1.82) is 0 Å². The molecule has 2 heterocycles. The van der Waals surface area contributed by atoms with Crippen LogP contribution in [0.15, 0.2) is 24.3 Å². The molecule has 0 bridgehead atoms.